The van der Waals surface area contributed by atoms with E-state index in [-0.39, 0.29) is 59.5 Å². The van der Waals surface area contributed by atoms with Crippen molar-refractivity contribution in [1.29, 1.82) is 0 Å². The fourth-order valence-electron chi connectivity index (χ4n) is 15.6. The van der Waals surface area contributed by atoms with Gasteiger partial charge in [-0.2, -0.15) is 0 Å². The second-order valence-corrected chi connectivity index (χ2v) is 32.9. The molecule has 0 spiro atoms. The molecule has 656 valence electrons. The topological polar surface area (TPSA) is 346 Å². The summed E-state index contributed by atoms with van der Waals surface area (Å²) >= 11 is 24.3. The van der Waals surface area contributed by atoms with Crippen LogP contribution in [0.25, 0.3) is 155 Å². The first-order valence-corrected chi connectivity index (χ1v) is 43.0. The number of likely N-dealkylation sites (N-methyl/N-ethyl adjacent to an activating group) is 1. The summed E-state index contributed by atoms with van der Waals surface area (Å²) in [6, 6.07) is 60.1. The van der Waals surface area contributed by atoms with Gasteiger partial charge in [-0.1, -0.05) is 143 Å². The lowest BCUT2D eigenvalue weighted by molar-refractivity contribution is -0.136. The molecule has 3 aliphatic heterocycles. The van der Waals surface area contributed by atoms with Crippen molar-refractivity contribution >= 4 is 162 Å². The van der Waals surface area contributed by atoms with E-state index in [1.807, 2.05) is 237 Å². The number of likely N-dealkylation sites (tertiary alicyclic amines) is 3. The smallest absolute Gasteiger partial charge is 0.253 e. The Morgan fingerprint density at radius 3 is 0.842 bits per heavy atom. The highest BCUT2D eigenvalue weighted by Crippen LogP contribution is 2.41. The van der Waals surface area contributed by atoms with Gasteiger partial charge >= 0.3 is 0 Å². The maximum absolute atomic E-state index is 12.7. The summed E-state index contributed by atoms with van der Waals surface area (Å²) in [7, 11) is 3.23. The van der Waals surface area contributed by atoms with Crippen molar-refractivity contribution in [3.8, 4) is 67.3 Å². The van der Waals surface area contributed by atoms with E-state index in [9.17, 15) is 24.3 Å². The van der Waals surface area contributed by atoms with E-state index < -0.39 is 6.10 Å². The number of nitrogens with zero attached hydrogens (tertiary/aromatic N) is 20. The number of nitrogen functional groups attached to an aromatic ring is 4. The summed E-state index contributed by atoms with van der Waals surface area (Å²) in [6.45, 7) is 33.1. The second kappa shape index (κ2) is 39.5. The van der Waals surface area contributed by atoms with E-state index in [4.69, 9.17) is 95.6 Å². The van der Waals surface area contributed by atoms with Gasteiger partial charge < -0.3 is 65.9 Å². The molecule has 0 saturated carbocycles. The molecule has 3 saturated heterocycles. The zero-order chi connectivity index (χ0) is 93.3. The first-order valence-electron chi connectivity index (χ1n) is 41.5. The second-order valence-electron chi connectivity index (χ2n) is 31.2. The summed E-state index contributed by atoms with van der Waals surface area (Å²) in [6.07, 6.45) is 22.4. The molecule has 0 unspecified atom stereocenters. The number of halogens is 4. The summed E-state index contributed by atoms with van der Waals surface area (Å²) in [5, 5.41) is 15.0. The van der Waals surface area contributed by atoms with Crippen LogP contribution in [0.4, 0.5) is 23.3 Å². The number of benzene rings is 8. The molecule has 133 heavy (non-hydrogen) atoms. The normalized spacial score (nSPS) is 13.3. The average molecular weight is 1840 g/mol. The van der Waals surface area contributed by atoms with Crippen LogP contribution in [0, 0.1) is 26.3 Å². The van der Waals surface area contributed by atoms with Crippen LogP contribution in [-0.4, -0.2) is 166 Å². The molecule has 29 nitrogen and oxygen atoms in total. The number of nitrogens with two attached hydrogens (primary N) is 4. The zero-order valence-corrected chi connectivity index (χ0v) is 74.2. The summed E-state index contributed by atoms with van der Waals surface area (Å²) in [5.74, 6) is 0.342. The van der Waals surface area contributed by atoms with E-state index in [0.29, 0.717) is 97.7 Å². The van der Waals surface area contributed by atoms with Crippen LogP contribution in [0.1, 0.15) is 41.5 Å². The van der Waals surface area contributed by atoms with E-state index in [1.165, 1.54) is 35.1 Å². The molecule has 33 heteroatoms. The van der Waals surface area contributed by atoms with Crippen molar-refractivity contribution in [2.24, 2.45) is 0 Å². The molecular weight excluding hydrogens is 1760 g/mol. The molecule has 8 aromatic heterocycles. The molecule has 0 atom stereocenters. The predicted molar refractivity (Wildman–Crippen MR) is 522 cm³/mol. The number of β-amino-alcohol motifs (C(OH)–C–C–N with tert-alkyl or cyclic N) is 1. The molecule has 0 aliphatic carbocycles. The third-order valence-electron chi connectivity index (χ3n) is 22.3. The van der Waals surface area contributed by atoms with Crippen molar-refractivity contribution < 1.29 is 24.3 Å². The van der Waals surface area contributed by atoms with Crippen molar-refractivity contribution in [3.05, 3.63) is 355 Å². The highest BCUT2D eigenvalue weighted by atomic mass is 35.5. The Balaban J connectivity index is 0.000000129. The van der Waals surface area contributed by atoms with Crippen LogP contribution >= 0.6 is 46.4 Å². The number of fused-ring (bicyclic) bond motifs is 4. The minimum atomic E-state index is -0.523. The Hall–Kier alpha value is -16.6. The van der Waals surface area contributed by atoms with Crippen LogP contribution in [0.5, 0.6) is 0 Å². The van der Waals surface area contributed by atoms with Crippen molar-refractivity contribution in [1.82, 2.24) is 77.7 Å². The number of amides is 4. The van der Waals surface area contributed by atoms with Gasteiger partial charge in [0.15, 0.2) is 22.6 Å². The molecule has 0 radical (unpaired) electrons. The molecule has 0 bridgehead atoms. The van der Waals surface area contributed by atoms with Crippen LogP contribution in [0.3, 0.4) is 0 Å². The van der Waals surface area contributed by atoms with Gasteiger partial charge in [0.1, 0.15) is 48.6 Å². The molecule has 11 heterocycles. The number of aromatic nitrogens is 12. The lowest BCUT2D eigenvalue weighted by atomic mass is 10.1. The lowest BCUT2D eigenvalue weighted by Crippen LogP contribution is -2.53. The molecule has 19 rings (SSSR count). The standard InChI is InChI=1S/C26H21ClN6O.C25H19ClN6O2.C25H19ClN6O.C24H19ClN6O/c1-29-22(26(34)32-11-2-3-12-32)14-17-5-4-6-20(13-17)33-15-21(18-7-9-19(27)10-8-18)23-24(28)30-16-31-25(23)33;1-28-21(25(34)31-11-19(33)12-31)10-15-3-2-4-18(9-15)32-13-20(16-5-7-17(26)8-6-16)22-23(27)29-14-30-24(22)32;1-28-21(25(33)31-10-3-11-31)13-16-4-2-5-19(12-16)32-14-20(17-6-8-18(26)9-7-17)22-23(27)29-15-30-24(22)32;1-27-20(24(32)30(2)3)12-15-5-4-6-18(11-15)31-13-19(16-7-9-17(25)10-8-16)21-22(26)28-14-29-23(21)31/h4-10,13-16H,2-3,11-12H2,(H2,28,30,31);2-10,13-14,19,33H,11-12H2,(H2,27,29,30);2,4-9,12-15H,3,10-11H2,(H2,27,29,30);4-14H,2-3H3,(H2,26,28,29)/b22-14-;21-10-;21-13-;20-12-. The monoisotopic (exact) mass is 1830 g/mol. The van der Waals surface area contributed by atoms with Crippen molar-refractivity contribution in [2.45, 2.75) is 25.4 Å². The number of aliphatic hydroxyl groups excluding tert-OH is 1. The fraction of sp³-hybridized carbons (Fsp3) is 0.120. The minimum absolute atomic E-state index is 0.00478. The maximum atomic E-state index is 12.7. The van der Waals surface area contributed by atoms with Crippen LogP contribution < -0.4 is 22.9 Å². The lowest BCUT2D eigenvalue weighted by Gasteiger charge is -2.35. The average Bonchev–Trinajstić information content (AvgIpc) is 1.62. The molecule has 16 aromatic rings. The van der Waals surface area contributed by atoms with Gasteiger partial charge in [0.25, 0.3) is 46.4 Å². The number of carbonyl (C=O) groups is 4. The molecule has 9 N–H and O–H groups in total. The summed E-state index contributed by atoms with van der Waals surface area (Å²) < 4.78 is 7.69. The van der Waals surface area contributed by atoms with E-state index in [1.54, 1.807) is 48.2 Å². The molecule has 4 amide bonds. The zero-order valence-electron chi connectivity index (χ0n) is 71.2. The van der Waals surface area contributed by atoms with Gasteiger partial charge in [0.05, 0.1) is 53.9 Å². The third kappa shape index (κ3) is 19.4. The number of rotatable bonds is 16. The molecule has 3 fully saturated rings. The van der Waals surface area contributed by atoms with Crippen LogP contribution in [0.2, 0.25) is 20.1 Å². The fourth-order valence-corrected chi connectivity index (χ4v) is 16.1. The van der Waals surface area contributed by atoms with Gasteiger partial charge in [0.2, 0.25) is 0 Å². The van der Waals surface area contributed by atoms with Gasteiger partial charge in [-0.25, -0.2) is 59.3 Å². The van der Waals surface area contributed by atoms with Crippen LogP contribution in [-0.2, 0) is 19.2 Å². The van der Waals surface area contributed by atoms with Gasteiger partial charge in [-0.05, 0) is 185 Å². The summed E-state index contributed by atoms with van der Waals surface area (Å²) in [4.78, 5) is 105. The SMILES string of the molecule is [C-]#[N+]/C(=C\c1cccc(-n2cc(-c3ccc(Cl)cc3)c3c(N)ncnc32)c1)C(=O)N(C)C.[C-]#[N+]/C(=C\c1cccc(-n2cc(-c3ccc(Cl)cc3)c3c(N)ncnc32)c1)C(=O)N1CC(O)C1.[C-]#[N+]/C(=C\c1cccc(-n2cc(-c3ccc(Cl)cc3)c3c(N)ncnc32)c1)C(=O)N1CCC1.[C-]#[N+]/C(=C\c1cccc(-n2cc(-c3ccc(Cl)cc3)c3c(N)ncnc32)c1)C(=O)N1CCCC1. The molecule has 8 aromatic carbocycles. The van der Waals surface area contributed by atoms with E-state index in [0.717, 1.165) is 125 Å². The van der Waals surface area contributed by atoms with Crippen molar-refractivity contribution in [3.63, 3.8) is 0 Å². The number of hydrogen-bond acceptors (Lipinski definition) is 17. The Morgan fingerprint density at radius 1 is 0.361 bits per heavy atom. The first-order chi connectivity index (χ1) is 64.4. The summed E-state index contributed by atoms with van der Waals surface area (Å²) in [5.41, 5.74) is 41.2. The highest BCUT2D eigenvalue weighted by molar-refractivity contribution is 6.32. The Kier molecular flexibility index (Phi) is 26.7. The van der Waals surface area contributed by atoms with Gasteiger partial charge in [-0.15, -0.1) is 0 Å². The highest BCUT2D eigenvalue weighted by Gasteiger charge is 2.32. The van der Waals surface area contributed by atoms with E-state index in [2.05, 4.69) is 59.3 Å². The first kappa shape index (κ1) is 89.7. The maximum Gasteiger partial charge on any atom is 0.253 e. The predicted octanol–water partition coefficient (Wildman–Crippen LogP) is 18.5. The van der Waals surface area contributed by atoms with Crippen LogP contribution in [0.15, 0.2) is 267 Å². The molecule has 3 aliphatic rings. The number of aliphatic hydroxyl groups is 1. The number of carbonyl (C=O) groups excluding carboxylic acids is 4. The Bertz CT molecular complexity index is 7560. The quantitative estimate of drug-likeness (QED) is 0.0443. The Labute approximate surface area is 782 Å². The third-order valence-corrected chi connectivity index (χ3v) is 23.3. The largest absolute Gasteiger partial charge is 0.389 e. The number of hydrogen-bond donors (Lipinski definition) is 5. The van der Waals surface area contributed by atoms with Gasteiger partial charge in [0, 0.05) is 143 Å². The van der Waals surface area contributed by atoms with Gasteiger partial charge in [-0.3, -0.25) is 19.2 Å². The van der Waals surface area contributed by atoms with E-state index >= 15 is 0 Å². The van der Waals surface area contributed by atoms with Crippen molar-refractivity contribution in [2.75, 3.05) is 76.3 Å². The number of anilines is 4. The Morgan fingerprint density at radius 2 is 0.609 bits per heavy atom. The minimum Gasteiger partial charge on any atom is -0.389 e. The molecular formula is C100H78Cl4N24O5.